The summed E-state index contributed by atoms with van der Waals surface area (Å²) in [5.41, 5.74) is 3.80. The van der Waals surface area contributed by atoms with Crippen molar-refractivity contribution in [2.45, 2.75) is 13.0 Å². The zero-order chi connectivity index (χ0) is 15.4. The van der Waals surface area contributed by atoms with Crippen molar-refractivity contribution in [3.63, 3.8) is 0 Å². The molecule has 1 aliphatic heterocycles. The predicted molar refractivity (Wildman–Crippen MR) is 80.9 cm³/mol. The van der Waals surface area contributed by atoms with E-state index in [0.29, 0.717) is 22.9 Å². The minimum absolute atomic E-state index is 0.154. The Kier molecular flexibility index (Phi) is 4.00. The monoisotopic (exact) mass is 297 g/mol. The zero-order valence-corrected chi connectivity index (χ0v) is 12.0. The average Bonchev–Trinajstić information content (AvgIpc) is 2.59. The first-order valence-corrected chi connectivity index (χ1v) is 6.88. The Morgan fingerprint density at radius 3 is 2.77 bits per heavy atom. The van der Waals surface area contributed by atoms with E-state index in [-0.39, 0.29) is 12.5 Å². The molecule has 0 radical (unpaired) electrons. The SMILES string of the molecule is C/C(=N/NC(=O)[C@H]1COc2ccccc2O1)c1ccccn1. The molecular formula is C16H15N3O3. The number of hydrazone groups is 1. The minimum atomic E-state index is -0.727. The number of rotatable bonds is 3. The van der Waals surface area contributed by atoms with Gasteiger partial charge in [-0.3, -0.25) is 9.78 Å². The maximum atomic E-state index is 12.1. The lowest BCUT2D eigenvalue weighted by Crippen LogP contribution is -2.42. The van der Waals surface area contributed by atoms with Gasteiger partial charge in [-0.2, -0.15) is 5.10 Å². The lowest BCUT2D eigenvalue weighted by molar-refractivity contribution is -0.130. The maximum Gasteiger partial charge on any atom is 0.284 e. The number of amides is 1. The van der Waals surface area contributed by atoms with E-state index in [1.807, 2.05) is 30.3 Å². The van der Waals surface area contributed by atoms with Crippen LogP contribution in [-0.4, -0.2) is 29.3 Å². The Morgan fingerprint density at radius 2 is 2.00 bits per heavy atom. The number of nitrogens with one attached hydrogen (secondary N) is 1. The number of pyridine rings is 1. The van der Waals surface area contributed by atoms with E-state index in [1.54, 1.807) is 25.3 Å². The number of benzene rings is 1. The summed E-state index contributed by atoms with van der Waals surface area (Å²) in [5.74, 6) is 0.837. The van der Waals surface area contributed by atoms with Crippen LogP contribution in [0.25, 0.3) is 0 Å². The Morgan fingerprint density at radius 1 is 1.23 bits per heavy atom. The van der Waals surface area contributed by atoms with E-state index in [9.17, 15) is 4.79 Å². The largest absolute Gasteiger partial charge is 0.485 e. The summed E-state index contributed by atoms with van der Waals surface area (Å²) in [6, 6.07) is 12.7. The van der Waals surface area contributed by atoms with Gasteiger partial charge in [0.05, 0.1) is 11.4 Å². The Bertz CT molecular complexity index is 701. The molecule has 1 atom stereocenters. The van der Waals surface area contributed by atoms with Crippen molar-refractivity contribution >= 4 is 11.6 Å². The summed E-state index contributed by atoms with van der Waals surface area (Å²) in [6.45, 7) is 1.93. The topological polar surface area (TPSA) is 72.8 Å². The third-order valence-corrected chi connectivity index (χ3v) is 3.17. The first-order valence-electron chi connectivity index (χ1n) is 6.88. The maximum absolute atomic E-state index is 12.1. The summed E-state index contributed by atoms with van der Waals surface area (Å²) in [4.78, 5) is 16.3. The number of nitrogens with zero attached hydrogens (tertiary/aromatic N) is 2. The van der Waals surface area contributed by atoms with Crippen molar-refractivity contribution in [3.8, 4) is 11.5 Å². The highest BCUT2D eigenvalue weighted by Gasteiger charge is 2.27. The normalized spacial score (nSPS) is 17.0. The van der Waals surface area contributed by atoms with E-state index in [2.05, 4.69) is 15.5 Å². The van der Waals surface area contributed by atoms with Crippen LogP contribution in [0.15, 0.2) is 53.8 Å². The number of ether oxygens (including phenoxy) is 2. The molecule has 0 aliphatic carbocycles. The molecule has 0 saturated heterocycles. The van der Waals surface area contributed by atoms with Crippen LogP contribution in [0.5, 0.6) is 11.5 Å². The summed E-state index contributed by atoms with van der Waals surface area (Å²) >= 11 is 0. The van der Waals surface area contributed by atoms with Crippen LogP contribution < -0.4 is 14.9 Å². The number of fused-ring (bicyclic) bond motifs is 1. The number of para-hydroxylation sites is 2. The van der Waals surface area contributed by atoms with Gasteiger partial charge in [-0.15, -0.1) is 0 Å². The fourth-order valence-corrected chi connectivity index (χ4v) is 1.99. The molecule has 6 nitrogen and oxygen atoms in total. The summed E-state index contributed by atoms with van der Waals surface area (Å²) < 4.78 is 11.1. The number of carbonyl (C=O) groups is 1. The molecule has 1 aliphatic rings. The Hall–Kier alpha value is -2.89. The third kappa shape index (κ3) is 3.06. The van der Waals surface area contributed by atoms with Gasteiger partial charge in [-0.1, -0.05) is 18.2 Å². The molecule has 2 aromatic rings. The van der Waals surface area contributed by atoms with Crippen LogP contribution >= 0.6 is 0 Å². The van der Waals surface area contributed by atoms with Gasteiger partial charge in [0, 0.05) is 6.20 Å². The molecule has 0 saturated carbocycles. The molecule has 0 unspecified atom stereocenters. The van der Waals surface area contributed by atoms with Crippen LogP contribution in [0, 0.1) is 0 Å². The van der Waals surface area contributed by atoms with Crippen LogP contribution in [0.3, 0.4) is 0 Å². The van der Waals surface area contributed by atoms with Crippen molar-refractivity contribution in [1.29, 1.82) is 0 Å². The standard InChI is InChI=1S/C16H15N3O3/c1-11(12-6-4-5-9-17-12)18-19-16(20)15-10-21-13-7-2-3-8-14(13)22-15/h2-9,15H,10H2,1H3,(H,19,20)/b18-11-/t15-/m1/s1. The first-order chi connectivity index (χ1) is 10.7. The fraction of sp³-hybridized carbons (Fsp3) is 0.188. The minimum Gasteiger partial charge on any atom is -0.485 e. The first kappa shape index (κ1) is 14.1. The Labute approximate surface area is 127 Å². The summed E-state index contributed by atoms with van der Waals surface area (Å²) in [7, 11) is 0. The van der Waals surface area contributed by atoms with E-state index < -0.39 is 6.10 Å². The second kappa shape index (κ2) is 6.26. The molecule has 2 heterocycles. The van der Waals surface area contributed by atoms with Crippen molar-refractivity contribution in [3.05, 3.63) is 54.4 Å². The van der Waals surface area contributed by atoms with Gasteiger partial charge in [-0.25, -0.2) is 5.43 Å². The molecule has 6 heteroatoms. The van der Waals surface area contributed by atoms with Crippen molar-refractivity contribution in [2.75, 3.05) is 6.61 Å². The average molecular weight is 297 g/mol. The van der Waals surface area contributed by atoms with Gasteiger partial charge in [0.2, 0.25) is 6.10 Å². The molecule has 1 aromatic carbocycles. The van der Waals surface area contributed by atoms with Crippen LogP contribution in [0.4, 0.5) is 0 Å². The number of hydrogen-bond acceptors (Lipinski definition) is 5. The number of hydrogen-bond donors (Lipinski definition) is 1. The van der Waals surface area contributed by atoms with E-state index in [4.69, 9.17) is 9.47 Å². The summed E-state index contributed by atoms with van der Waals surface area (Å²) in [6.07, 6.45) is 0.945. The molecule has 0 fully saturated rings. The van der Waals surface area contributed by atoms with E-state index >= 15 is 0 Å². The smallest absolute Gasteiger partial charge is 0.284 e. The van der Waals surface area contributed by atoms with Gasteiger partial charge >= 0.3 is 0 Å². The lowest BCUT2D eigenvalue weighted by Gasteiger charge is -2.24. The van der Waals surface area contributed by atoms with Crippen LogP contribution in [0.1, 0.15) is 12.6 Å². The van der Waals surface area contributed by atoms with Gasteiger partial charge in [-0.05, 0) is 31.2 Å². The molecule has 1 amide bonds. The molecule has 1 N–H and O–H groups in total. The fourth-order valence-electron chi connectivity index (χ4n) is 1.99. The van der Waals surface area contributed by atoms with Crippen molar-refractivity contribution in [1.82, 2.24) is 10.4 Å². The van der Waals surface area contributed by atoms with Crippen molar-refractivity contribution < 1.29 is 14.3 Å². The van der Waals surface area contributed by atoms with E-state index in [0.717, 1.165) is 0 Å². The third-order valence-electron chi connectivity index (χ3n) is 3.17. The number of carbonyl (C=O) groups excluding carboxylic acids is 1. The highest BCUT2D eigenvalue weighted by Crippen LogP contribution is 2.30. The van der Waals surface area contributed by atoms with Gasteiger partial charge in [0.1, 0.15) is 6.61 Å². The summed E-state index contributed by atoms with van der Waals surface area (Å²) in [5, 5.41) is 4.04. The van der Waals surface area contributed by atoms with Gasteiger partial charge < -0.3 is 9.47 Å². The molecule has 0 spiro atoms. The predicted octanol–water partition coefficient (Wildman–Crippen LogP) is 1.76. The van der Waals surface area contributed by atoms with E-state index in [1.165, 1.54) is 0 Å². The Balaban J connectivity index is 1.64. The highest BCUT2D eigenvalue weighted by atomic mass is 16.6. The lowest BCUT2D eigenvalue weighted by atomic mass is 10.2. The quantitative estimate of drug-likeness (QED) is 0.692. The zero-order valence-electron chi connectivity index (χ0n) is 12.0. The van der Waals surface area contributed by atoms with Gasteiger partial charge in [0.15, 0.2) is 11.5 Å². The number of aromatic nitrogens is 1. The molecule has 1 aromatic heterocycles. The molecule has 0 bridgehead atoms. The highest BCUT2D eigenvalue weighted by molar-refractivity contribution is 5.97. The van der Waals surface area contributed by atoms with Crippen molar-refractivity contribution in [2.24, 2.45) is 5.10 Å². The second-order valence-corrected chi connectivity index (χ2v) is 4.75. The molecule has 22 heavy (non-hydrogen) atoms. The van der Waals surface area contributed by atoms with Crippen LogP contribution in [-0.2, 0) is 4.79 Å². The van der Waals surface area contributed by atoms with Gasteiger partial charge in [0.25, 0.3) is 5.91 Å². The second-order valence-electron chi connectivity index (χ2n) is 4.75. The molecule has 112 valence electrons. The molecular weight excluding hydrogens is 282 g/mol. The molecule has 3 rings (SSSR count). The van der Waals surface area contributed by atoms with Crippen LogP contribution in [0.2, 0.25) is 0 Å².